The average molecular weight is 319 g/mol. The van der Waals surface area contributed by atoms with Crippen LogP contribution in [0.1, 0.15) is 5.56 Å². The molecule has 0 radical (unpaired) electrons. The fraction of sp³-hybridized carbons (Fsp3) is 0.0625. The van der Waals surface area contributed by atoms with Crippen LogP contribution in [0.5, 0.6) is 0 Å². The summed E-state index contributed by atoms with van der Waals surface area (Å²) in [5.74, 6) is 0.948. The van der Waals surface area contributed by atoms with Crippen LogP contribution in [0.2, 0.25) is 0 Å². The van der Waals surface area contributed by atoms with Crippen molar-refractivity contribution in [3.05, 3.63) is 64.6 Å². The molecule has 0 aliphatic carbocycles. The summed E-state index contributed by atoms with van der Waals surface area (Å²) in [7, 11) is 0. The van der Waals surface area contributed by atoms with Crippen molar-refractivity contribution in [3.8, 4) is 28.5 Å². The van der Waals surface area contributed by atoms with Crippen molar-refractivity contribution in [2.24, 2.45) is 0 Å². The number of nitrogens with zero attached hydrogens (tertiary/aromatic N) is 5. The lowest BCUT2D eigenvalue weighted by atomic mass is 10.1. The Morgan fingerprint density at radius 2 is 1.71 bits per heavy atom. The molecule has 4 aromatic rings. The van der Waals surface area contributed by atoms with Gasteiger partial charge in [-0.05, 0) is 29.8 Å². The van der Waals surface area contributed by atoms with E-state index in [-0.39, 0.29) is 5.69 Å². The molecule has 0 aliphatic rings. The Morgan fingerprint density at radius 3 is 2.46 bits per heavy atom. The third kappa shape index (κ3) is 2.21. The number of aryl methyl sites for hydroxylation is 1. The summed E-state index contributed by atoms with van der Waals surface area (Å²) in [5.41, 5.74) is 2.89. The fourth-order valence-electron chi connectivity index (χ4n) is 2.66. The Labute approximate surface area is 136 Å². The van der Waals surface area contributed by atoms with Gasteiger partial charge >= 0.3 is 5.69 Å². The second-order valence-electron chi connectivity index (χ2n) is 5.26. The van der Waals surface area contributed by atoms with Gasteiger partial charge in [-0.1, -0.05) is 36.4 Å². The minimum Gasteiger partial charge on any atom is -0.246 e. The van der Waals surface area contributed by atoms with Gasteiger partial charge in [0.1, 0.15) is 0 Å². The minimum absolute atomic E-state index is 0.329. The van der Waals surface area contributed by atoms with Gasteiger partial charge < -0.3 is 0 Å². The standard InChI is InChI=1S/C16H13N7O/c1-10-6-2-3-7-11(10)15-19-20-16(24)23(15)13-9-5-4-8-12(13)14-17-21-22-18-14/h2-9H,1H3,(H,20,24)(H,17,18,21,22). The first-order valence-electron chi connectivity index (χ1n) is 7.32. The molecule has 0 amide bonds. The second-order valence-corrected chi connectivity index (χ2v) is 5.26. The van der Waals surface area contributed by atoms with Crippen LogP contribution >= 0.6 is 0 Å². The highest BCUT2D eigenvalue weighted by molar-refractivity contribution is 5.70. The molecule has 0 saturated heterocycles. The molecular formula is C16H13N7O. The Balaban J connectivity index is 1.99. The highest BCUT2D eigenvalue weighted by atomic mass is 16.1. The normalized spacial score (nSPS) is 10.9. The molecule has 2 heterocycles. The molecule has 0 atom stereocenters. The monoisotopic (exact) mass is 319 g/mol. The topological polar surface area (TPSA) is 105 Å². The molecule has 8 nitrogen and oxygen atoms in total. The SMILES string of the molecule is Cc1ccccc1-c1n[nH]c(=O)n1-c1ccccc1-c1nn[nH]n1. The highest BCUT2D eigenvalue weighted by Crippen LogP contribution is 2.27. The van der Waals surface area contributed by atoms with Crippen molar-refractivity contribution in [2.75, 3.05) is 0 Å². The molecule has 2 N–H and O–H groups in total. The number of para-hydroxylation sites is 1. The molecule has 24 heavy (non-hydrogen) atoms. The molecule has 4 rings (SSSR count). The summed E-state index contributed by atoms with van der Waals surface area (Å²) in [6.07, 6.45) is 0. The van der Waals surface area contributed by atoms with Crippen molar-refractivity contribution < 1.29 is 0 Å². The summed E-state index contributed by atoms with van der Waals surface area (Å²) in [6, 6.07) is 15.1. The van der Waals surface area contributed by atoms with Crippen molar-refractivity contribution in [3.63, 3.8) is 0 Å². The van der Waals surface area contributed by atoms with E-state index in [1.165, 1.54) is 4.57 Å². The Bertz CT molecular complexity index is 1050. The largest absolute Gasteiger partial charge is 0.348 e. The number of nitrogens with one attached hydrogen (secondary N) is 2. The molecule has 0 saturated carbocycles. The third-order valence-corrected chi connectivity index (χ3v) is 3.79. The zero-order chi connectivity index (χ0) is 16.5. The van der Waals surface area contributed by atoms with Gasteiger partial charge in [-0.3, -0.25) is 0 Å². The first kappa shape index (κ1) is 14.1. The number of hydrogen-bond donors (Lipinski definition) is 2. The zero-order valence-corrected chi connectivity index (χ0v) is 12.8. The van der Waals surface area contributed by atoms with E-state index >= 15 is 0 Å². The number of rotatable bonds is 3. The van der Waals surface area contributed by atoms with Gasteiger partial charge in [0.15, 0.2) is 5.82 Å². The van der Waals surface area contributed by atoms with Crippen LogP contribution in [0.25, 0.3) is 28.5 Å². The van der Waals surface area contributed by atoms with Crippen molar-refractivity contribution >= 4 is 0 Å². The average Bonchev–Trinajstić information content (AvgIpc) is 3.25. The number of tetrazole rings is 1. The van der Waals surface area contributed by atoms with Gasteiger partial charge in [0.05, 0.1) is 5.69 Å². The molecule has 2 aromatic heterocycles. The van der Waals surface area contributed by atoms with E-state index in [0.717, 1.165) is 11.1 Å². The maximum absolute atomic E-state index is 12.4. The predicted molar refractivity (Wildman–Crippen MR) is 87.5 cm³/mol. The quantitative estimate of drug-likeness (QED) is 0.598. The van der Waals surface area contributed by atoms with Gasteiger partial charge in [-0.2, -0.15) is 10.3 Å². The molecule has 0 unspecified atom stereocenters. The number of H-pyrrole nitrogens is 2. The molecule has 0 spiro atoms. The van der Waals surface area contributed by atoms with Crippen LogP contribution in [-0.2, 0) is 0 Å². The van der Waals surface area contributed by atoms with Gasteiger partial charge in [-0.25, -0.2) is 14.5 Å². The van der Waals surface area contributed by atoms with Crippen LogP contribution in [0.15, 0.2) is 53.3 Å². The van der Waals surface area contributed by atoms with Crippen LogP contribution in [-0.4, -0.2) is 35.4 Å². The second kappa shape index (κ2) is 5.58. The summed E-state index contributed by atoms with van der Waals surface area (Å²) in [4.78, 5) is 12.4. The van der Waals surface area contributed by atoms with Crippen LogP contribution in [0.3, 0.4) is 0 Å². The third-order valence-electron chi connectivity index (χ3n) is 3.79. The Hall–Kier alpha value is -3.55. The molecule has 8 heteroatoms. The Kier molecular flexibility index (Phi) is 3.27. The van der Waals surface area contributed by atoms with Crippen molar-refractivity contribution in [2.45, 2.75) is 6.92 Å². The van der Waals surface area contributed by atoms with Gasteiger partial charge in [0.25, 0.3) is 0 Å². The van der Waals surface area contributed by atoms with Crippen LogP contribution < -0.4 is 5.69 Å². The van der Waals surface area contributed by atoms with Gasteiger partial charge in [0.2, 0.25) is 5.82 Å². The maximum atomic E-state index is 12.4. The summed E-state index contributed by atoms with van der Waals surface area (Å²) in [5, 5.41) is 20.8. The number of aromatic amines is 2. The van der Waals surface area contributed by atoms with Gasteiger partial charge in [-0.15, -0.1) is 10.2 Å². The van der Waals surface area contributed by atoms with E-state index in [4.69, 9.17) is 0 Å². The lowest BCUT2D eigenvalue weighted by Crippen LogP contribution is -2.16. The van der Waals surface area contributed by atoms with E-state index in [1.807, 2.05) is 55.5 Å². The molecular weight excluding hydrogens is 306 g/mol. The van der Waals surface area contributed by atoms with E-state index < -0.39 is 0 Å². The highest BCUT2D eigenvalue weighted by Gasteiger charge is 2.18. The lowest BCUT2D eigenvalue weighted by Gasteiger charge is -2.10. The van der Waals surface area contributed by atoms with E-state index in [0.29, 0.717) is 22.9 Å². The lowest BCUT2D eigenvalue weighted by molar-refractivity contribution is 0.881. The molecule has 118 valence electrons. The van der Waals surface area contributed by atoms with E-state index in [2.05, 4.69) is 30.8 Å². The smallest absolute Gasteiger partial charge is 0.246 e. The molecule has 0 bridgehead atoms. The summed E-state index contributed by atoms with van der Waals surface area (Å²) >= 11 is 0. The Morgan fingerprint density at radius 1 is 0.958 bits per heavy atom. The maximum Gasteiger partial charge on any atom is 0.348 e. The number of hydrogen-bond acceptors (Lipinski definition) is 5. The van der Waals surface area contributed by atoms with Crippen LogP contribution in [0, 0.1) is 6.92 Å². The molecule has 0 aliphatic heterocycles. The first-order valence-corrected chi connectivity index (χ1v) is 7.32. The first-order chi connectivity index (χ1) is 11.8. The zero-order valence-electron chi connectivity index (χ0n) is 12.8. The van der Waals surface area contributed by atoms with E-state index in [1.54, 1.807) is 0 Å². The molecule has 2 aromatic carbocycles. The van der Waals surface area contributed by atoms with E-state index in [9.17, 15) is 4.79 Å². The fourth-order valence-corrected chi connectivity index (χ4v) is 2.66. The summed E-state index contributed by atoms with van der Waals surface area (Å²) in [6.45, 7) is 1.98. The summed E-state index contributed by atoms with van der Waals surface area (Å²) < 4.78 is 1.52. The van der Waals surface area contributed by atoms with Crippen molar-refractivity contribution in [1.82, 2.24) is 35.4 Å². The predicted octanol–water partition coefficient (Wildman–Crippen LogP) is 1.72. The number of benzene rings is 2. The molecule has 0 fully saturated rings. The number of aromatic nitrogens is 7. The minimum atomic E-state index is -0.329. The van der Waals surface area contributed by atoms with Crippen LogP contribution in [0.4, 0.5) is 0 Å². The van der Waals surface area contributed by atoms with Crippen molar-refractivity contribution in [1.29, 1.82) is 0 Å². The van der Waals surface area contributed by atoms with Gasteiger partial charge in [0, 0.05) is 11.1 Å².